The maximum atomic E-state index is 12.0. The minimum Gasteiger partial charge on any atom is -0.311 e. The third-order valence-electron chi connectivity index (χ3n) is 3.19. The van der Waals surface area contributed by atoms with Crippen LogP contribution >= 0.6 is 0 Å². The van der Waals surface area contributed by atoms with Crippen LogP contribution in [0.2, 0.25) is 0 Å². The highest BCUT2D eigenvalue weighted by Crippen LogP contribution is 2.33. The van der Waals surface area contributed by atoms with Crippen molar-refractivity contribution in [2.24, 2.45) is 5.92 Å². The van der Waals surface area contributed by atoms with Gasteiger partial charge in [-0.1, -0.05) is 0 Å². The van der Waals surface area contributed by atoms with Crippen LogP contribution in [0.25, 0.3) is 0 Å². The molecule has 1 aliphatic carbocycles. The molecule has 1 heterocycles. The van der Waals surface area contributed by atoms with Crippen molar-refractivity contribution >= 4 is 0 Å². The Morgan fingerprint density at radius 1 is 1.27 bits per heavy atom. The van der Waals surface area contributed by atoms with Crippen LogP contribution in [0.4, 0.5) is 13.2 Å². The molecular weight excluding hydrogens is 205 g/mol. The summed E-state index contributed by atoms with van der Waals surface area (Å²) in [5.41, 5.74) is 0. The summed E-state index contributed by atoms with van der Waals surface area (Å²) >= 11 is 0. The fourth-order valence-electron chi connectivity index (χ4n) is 2.14. The van der Waals surface area contributed by atoms with Crippen LogP contribution in [0, 0.1) is 5.92 Å². The normalized spacial score (nSPS) is 29.4. The summed E-state index contributed by atoms with van der Waals surface area (Å²) in [6, 6.07) is 0.437. The van der Waals surface area contributed by atoms with Gasteiger partial charge in [0.1, 0.15) is 0 Å². The lowest BCUT2D eigenvalue weighted by atomic mass is 10.1. The predicted molar refractivity (Wildman–Crippen MR) is 51.6 cm³/mol. The third kappa shape index (κ3) is 3.65. The molecule has 0 amide bonds. The fraction of sp³-hybridized carbons (Fsp3) is 1.00. The molecule has 0 radical (unpaired) electrons. The minimum absolute atomic E-state index is 0.161. The zero-order chi connectivity index (χ0) is 10.9. The Labute approximate surface area is 87.8 Å². The molecule has 15 heavy (non-hydrogen) atoms. The second-order valence-corrected chi connectivity index (χ2v) is 4.56. The van der Waals surface area contributed by atoms with Crippen LogP contribution in [-0.4, -0.2) is 43.3 Å². The smallest absolute Gasteiger partial charge is 0.311 e. The van der Waals surface area contributed by atoms with E-state index >= 15 is 0 Å². The van der Waals surface area contributed by atoms with Crippen molar-refractivity contribution in [1.29, 1.82) is 0 Å². The largest absolute Gasteiger partial charge is 0.390 e. The Kier molecular flexibility index (Phi) is 3.21. The van der Waals surface area contributed by atoms with Crippen LogP contribution < -0.4 is 5.32 Å². The molecule has 0 aromatic rings. The lowest BCUT2D eigenvalue weighted by molar-refractivity contribution is -0.138. The molecule has 5 heteroatoms. The van der Waals surface area contributed by atoms with E-state index in [1.165, 1.54) is 12.8 Å². The van der Waals surface area contributed by atoms with Gasteiger partial charge in [0.15, 0.2) is 0 Å². The molecule has 1 atom stereocenters. The van der Waals surface area contributed by atoms with Crippen molar-refractivity contribution in [1.82, 2.24) is 10.2 Å². The minimum atomic E-state index is -4.01. The summed E-state index contributed by atoms with van der Waals surface area (Å²) in [5.74, 6) is 0.721. The molecule has 1 unspecified atom stereocenters. The highest BCUT2D eigenvalue weighted by Gasteiger charge is 2.35. The summed E-state index contributed by atoms with van der Waals surface area (Å²) in [6.07, 6.45) is -2.21. The van der Waals surface area contributed by atoms with Gasteiger partial charge in [-0.2, -0.15) is 13.2 Å². The number of halogens is 3. The van der Waals surface area contributed by atoms with E-state index in [0.717, 1.165) is 25.6 Å². The Balaban J connectivity index is 1.72. The summed E-state index contributed by atoms with van der Waals surface area (Å²) < 4.78 is 36.1. The molecule has 1 N–H and O–H groups in total. The van der Waals surface area contributed by atoms with Gasteiger partial charge in [-0.05, 0) is 18.8 Å². The lowest BCUT2D eigenvalue weighted by Gasteiger charge is -2.34. The summed E-state index contributed by atoms with van der Waals surface area (Å²) in [6.45, 7) is 2.54. The van der Waals surface area contributed by atoms with E-state index in [0.29, 0.717) is 6.04 Å². The average Bonchev–Trinajstić information content (AvgIpc) is 2.97. The van der Waals surface area contributed by atoms with E-state index in [-0.39, 0.29) is 6.54 Å². The zero-order valence-electron chi connectivity index (χ0n) is 8.69. The molecule has 0 aromatic heterocycles. The van der Waals surface area contributed by atoms with Gasteiger partial charge in [0.2, 0.25) is 0 Å². The van der Waals surface area contributed by atoms with Gasteiger partial charge >= 0.3 is 6.18 Å². The van der Waals surface area contributed by atoms with Crippen molar-refractivity contribution in [3.8, 4) is 0 Å². The van der Waals surface area contributed by atoms with Gasteiger partial charge < -0.3 is 10.2 Å². The number of piperazine rings is 1. The van der Waals surface area contributed by atoms with E-state index in [1.807, 2.05) is 4.90 Å². The van der Waals surface area contributed by atoms with Gasteiger partial charge in [0.25, 0.3) is 0 Å². The fourth-order valence-corrected chi connectivity index (χ4v) is 2.14. The van der Waals surface area contributed by atoms with Crippen LogP contribution in [0.5, 0.6) is 0 Å². The second kappa shape index (κ2) is 4.29. The molecule has 1 saturated carbocycles. The van der Waals surface area contributed by atoms with Gasteiger partial charge in [0.05, 0.1) is 6.42 Å². The first-order valence-corrected chi connectivity index (χ1v) is 5.57. The molecule has 2 rings (SSSR count). The number of rotatable bonds is 3. The Bertz CT molecular complexity index is 213. The van der Waals surface area contributed by atoms with Gasteiger partial charge in [-0.15, -0.1) is 0 Å². The quantitative estimate of drug-likeness (QED) is 0.780. The molecule has 0 spiro atoms. The zero-order valence-corrected chi connectivity index (χ0v) is 8.69. The van der Waals surface area contributed by atoms with Crippen molar-refractivity contribution in [2.75, 3.05) is 26.2 Å². The SMILES string of the molecule is FC(F)(F)CCN1CCNC(C2CC2)C1. The second-order valence-electron chi connectivity index (χ2n) is 4.56. The van der Waals surface area contributed by atoms with E-state index in [1.54, 1.807) is 0 Å². The van der Waals surface area contributed by atoms with E-state index in [4.69, 9.17) is 0 Å². The van der Waals surface area contributed by atoms with Crippen molar-refractivity contribution in [3.63, 3.8) is 0 Å². The first-order chi connectivity index (χ1) is 7.04. The lowest BCUT2D eigenvalue weighted by Crippen LogP contribution is -2.52. The monoisotopic (exact) mass is 222 g/mol. The van der Waals surface area contributed by atoms with Crippen molar-refractivity contribution < 1.29 is 13.2 Å². The maximum Gasteiger partial charge on any atom is 0.390 e. The molecular formula is C10H17F3N2. The molecule has 1 aliphatic heterocycles. The average molecular weight is 222 g/mol. The molecule has 1 saturated heterocycles. The first kappa shape index (κ1) is 11.2. The molecule has 2 aliphatic rings. The standard InChI is InChI=1S/C10H17F3N2/c11-10(12,13)3-5-15-6-4-14-9(7-15)8-1-2-8/h8-9,14H,1-7H2. The maximum absolute atomic E-state index is 12.0. The highest BCUT2D eigenvalue weighted by molar-refractivity contribution is 4.91. The topological polar surface area (TPSA) is 15.3 Å². The molecule has 0 bridgehead atoms. The Morgan fingerprint density at radius 3 is 2.60 bits per heavy atom. The number of nitrogens with one attached hydrogen (secondary N) is 1. The van der Waals surface area contributed by atoms with Gasteiger partial charge in [-0.25, -0.2) is 0 Å². The number of nitrogens with zero attached hydrogens (tertiary/aromatic N) is 1. The molecule has 2 nitrogen and oxygen atoms in total. The van der Waals surface area contributed by atoms with E-state index in [2.05, 4.69) is 5.32 Å². The number of hydrogen-bond acceptors (Lipinski definition) is 2. The van der Waals surface area contributed by atoms with E-state index < -0.39 is 12.6 Å². The summed E-state index contributed by atoms with van der Waals surface area (Å²) in [4.78, 5) is 1.94. The van der Waals surface area contributed by atoms with Gasteiger partial charge in [-0.3, -0.25) is 0 Å². The Morgan fingerprint density at radius 2 is 2.00 bits per heavy atom. The first-order valence-electron chi connectivity index (χ1n) is 5.57. The molecule has 88 valence electrons. The summed E-state index contributed by atoms with van der Waals surface area (Å²) in [5, 5.41) is 3.39. The molecule has 0 aromatic carbocycles. The highest BCUT2D eigenvalue weighted by atomic mass is 19.4. The van der Waals surface area contributed by atoms with Crippen LogP contribution in [0.15, 0.2) is 0 Å². The number of alkyl halides is 3. The van der Waals surface area contributed by atoms with Crippen molar-refractivity contribution in [2.45, 2.75) is 31.5 Å². The summed E-state index contributed by atoms with van der Waals surface area (Å²) in [7, 11) is 0. The Hall–Kier alpha value is -0.290. The van der Waals surface area contributed by atoms with Crippen LogP contribution in [-0.2, 0) is 0 Å². The van der Waals surface area contributed by atoms with Gasteiger partial charge in [0, 0.05) is 32.2 Å². The molecule has 2 fully saturated rings. The van der Waals surface area contributed by atoms with Crippen LogP contribution in [0.3, 0.4) is 0 Å². The van der Waals surface area contributed by atoms with Crippen molar-refractivity contribution in [3.05, 3.63) is 0 Å². The van der Waals surface area contributed by atoms with Crippen LogP contribution in [0.1, 0.15) is 19.3 Å². The predicted octanol–water partition coefficient (Wildman–Crippen LogP) is 1.62. The number of hydrogen-bond donors (Lipinski definition) is 1. The third-order valence-corrected chi connectivity index (χ3v) is 3.19. The van der Waals surface area contributed by atoms with E-state index in [9.17, 15) is 13.2 Å².